The lowest BCUT2D eigenvalue weighted by molar-refractivity contribution is -0.149. The summed E-state index contributed by atoms with van der Waals surface area (Å²) in [4.78, 5) is 17.4. The van der Waals surface area contributed by atoms with E-state index >= 15 is 0 Å². The summed E-state index contributed by atoms with van der Waals surface area (Å²) >= 11 is 6.10. The zero-order chi connectivity index (χ0) is 21.1. The van der Waals surface area contributed by atoms with Crippen molar-refractivity contribution >= 4 is 34.1 Å². The van der Waals surface area contributed by atoms with Crippen LogP contribution in [0.1, 0.15) is 28.4 Å². The van der Waals surface area contributed by atoms with Gasteiger partial charge in [-0.05, 0) is 49.4 Å². The van der Waals surface area contributed by atoms with Crippen LogP contribution in [0.4, 0.5) is 5.69 Å². The fourth-order valence-electron chi connectivity index (χ4n) is 3.17. The van der Waals surface area contributed by atoms with E-state index < -0.39 is 16.8 Å². The summed E-state index contributed by atoms with van der Waals surface area (Å²) in [5.74, 6) is -1.02. The molecule has 8 heteroatoms. The summed E-state index contributed by atoms with van der Waals surface area (Å²) in [7, 11) is -1.59. The van der Waals surface area contributed by atoms with Crippen molar-refractivity contribution in [2.75, 3.05) is 17.9 Å². The van der Waals surface area contributed by atoms with Gasteiger partial charge >= 0.3 is 0 Å². The van der Waals surface area contributed by atoms with Gasteiger partial charge in [0.1, 0.15) is 11.0 Å². The number of nitrogens with zero attached hydrogens (tertiary/aromatic N) is 1. The second kappa shape index (κ2) is 8.65. The van der Waals surface area contributed by atoms with Crippen molar-refractivity contribution in [1.82, 2.24) is 4.98 Å². The first-order valence-electron chi connectivity index (χ1n) is 9.27. The number of halogens is 1. The normalized spacial score (nSPS) is 16.2. The highest BCUT2D eigenvalue weighted by molar-refractivity contribution is 7.86. The molecule has 1 aliphatic heterocycles. The molecule has 1 aromatic heterocycles. The zero-order valence-electron chi connectivity index (χ0n) is 16.1. The first-order chi connectivity index (χ1) is 14.5. The summed E-state index contributed by atoms with van der Waals surface area (Å²) in [6.07, 6.45) is 3.09. The lowest BCUT2D eigenvalue weighted by atomic mass is 10.0. The van der Waals surface area contributed by atoms with Crippen LogP contribution in [0.5, 0.6) is 0 Å². The van der Waals surface area contributed by atoms with Crippen LogP contribution in [0.2, 0.25) is 5.02 Å². The molecule has 1 atom stereocenters. The molecule has 0 spiro atoms. The second-order valence-electron chi connectivity index (χ2n) is 6.79. The van der Waals surface area contributed by atoms with Crippen LogP contribution in [-0.2, 0) is 26.2 Å². The Morgan fingerprint density at radius 2 is 1.73 bits per heavy atom. The molecular weight excluding hydrogens is 424 g/mol. The minimum Gasteiger partial charge on any atom is -0.344 e. The number of ether oxygens (including phenoxy) is 2. The van der Waals surface area contributed by atoms with Gasteiger partial charge in [0, 0.05) is 34.1 Å². The van der Waals surface area contributed by atoms with Crippen molar-refractivity contribution < 1.29 is 18.5 Å². The fraction of sp³-hybridized carbons (Fsp3) is 0.182. The molecule has 30 heavy (non-hydrogen) atoms. The maximum atomic E-state index is 12.9. The van der Waals surface area contributed by atoms with Gasteiger partial charge in [-0.2, -0.15) is 0 Å². The van der Waals surface area contributed by atoms with Gasteiger partial charge < -0.3 is 14.2 Å². The molecule has 1 N–H and O–H groups in total. The summed E-state index contributed by atoms with van der Waals surface area (Å²) in [5.41, 5.74) is 2.08. The number of ketones is 1. The van der Waals surface area contributed by atoms with Gasteiger partial charge in [0.15, 0.2) is 11.6 Å². The van der Waals surface area contributed by atoms with Crippen molar-refractivity contribution in [3.63, 3.8) is 0 Å². The molecule has 1 saturated heterocycles. The van der Waals surface area contributed by atoms with Crippen molar-refractivity contribution in [3.05, 3.63) is 88.7 Å². The van der Waals surface area contributed by atoms with Crippen molar-refractivity contribution in [2.45, 2.75) is 17.6 Å². The topological polar surface area (TPSA) is 77.5 Å². The van der Waals surface area contributed by atoms with E-state index in [4.69, 9.17) is 21.1 Å². The quantitative estimate of drug-likeness (QED) is 0.575. The first-order valence-corrected chi connectivity index (χ1v) is 10.8. The Morgan fingerprint density at radius 1 is 1.07 bits per heavy atom. The Kier molecular flexibility index (Phi) is 5.97. The molecule has 0 amide bonds. The summed E-state index contributed by atoms with van der Waals surface area (Å²) < 4.78 is 27.1. The van der Waals surface area contributed by atoms with E-state index in [0.717, 1.165) is 5.56 Å². The Morgan fingerprint density at radius 3 is 2.40 bits per heavy atom. The van der Waals surface area contributed by atoms with Crippen molar-refractivity contribution in [2.24, 2.45) is 0 Å². The lowest BCUT2D eigenvalue weighted by Crippen LogP contribution is -2.22. The average Bonchev–Trinajstić information content (AvgIpc) is 3.23. The van der Waals surface area contributed by atoms with Crippen LogP contribution in [0.15, 0.2) is 71.9 Å². The van der Waals surface area contributed by atoms with Gasteiger partial charge in [0.25, 0.3) is 0 Å². The molecule has 0 aliphatic carbocycles. The van der Waals surface area contributed by atoms with Crippen LogP contribution in [0.3, 0.4) is 0 Å². The number of benzene rings is 2. The number of carbonyl (C=O) groups is 1. The van der Waals surface area contributed by atoms with Crippen molar-refractivity contribution in [3.8, 4) is 0 Å². The Hall–Kier alpha value is -2.58. The third-order valence-electron chi connectivity index (χ3n) is 4.80. The monoisotopic (exact) mass is 442 g/mol. The van der Waals surface area contributed by atoms with Crippen LogP contribution >= 0.6 is 11.6 Å². The maximum absolute atomic E-state index is 12.9. The van der Waals surface area contributed by atoms with Crippen LogP contribution < -0.4 is 4.72 Å². The highest BCUT2D eigenvalue weighted by Gasteiger charge is 2.33. The minimum atomic E-state index is -1.59. The Balaban J connectivity index is 1.57. The predicted molar refractivity (Wildman–Crippen MR) is 115 cm³/mol. The van der Waals surface area contributed by atoms with E-state index in [1.54, 1.807) is 54.9 Å². The lowest BCUT2D eigenvalue weighted by Gasteiger charge is -2.22. The third-order valence-corrected chi connectivity index (χ3v) is 6.14. The van der Waals surface area contributed by atoms with Crippen molar-refractivity contribution in [1.29, 1.82) is 0 Å². The van der Waals surface area contributed by atoms with Gasteiger partial charge in [-0.25, -0.2) is 4.21 Å². The van der Waals surface area contributed by atoms with Gasteiger partial charge in [-0.1, -0.05) is 23.7 Å². The van der Waals surface area contributed by atoms with E-state index in [1.807, 2.05) is 19.1 Å². The highest BCUT2D eigenvalue weighted by atomic mass is 35.5. The van der Waals surface area contributed by atoms with Crippen LogP contribution in [0, 0.1) is 0 Å². The van der Waals surface area contributed by atoms with E-state index in [2.05, 4.69) is 9.71 Å². The van der Waals surface area contributed by atoms with Gasteiger partial charge in [-0.15, -0.1) is 0 Å². The maximum Gasteiger partial charge on any atom is 0.195 e. The molecule has 0 bridgehead atoms. The largest absolute Gasteiger partial charge is 0.344 e. The zero-order valence-corrected chi connectivity index (χ0v) is 17.7. The molecule has 6 nitrogen and oxygen atoms in total. The van der Waals surface area contributed by atoms with E-state index in [0.29, 0.717) is 39.9 Å². The van der Waals surface area contributed by atoms with Gasteiger partial charge in [0.05, 0.1) is 23.8 Å². The van der Waals surface area contributed by atoms with E-state index in [1.165, 1.54) is 0 Å². The standard InChI is InChI=1S/C22H19ClN2O4S/c1-22(28-12-13-29-22)16-2-5-18(6-3-16)30(27)25-20-7-4-17(23)14-19(20)21(26)15-8-10-24-11-9-15/h2-11,14,25H,12-13H2,1H3. The van der Waals surface area contributed by atoms with Gasteiger partial charge in [-0.3, -0.25) is 9.78 Å². The molecular formula is C22H19ClN2O4S. The number of hydrogen-bond acceptors (Lipinski definition) is 5. The molecule has 1 unspecified atom stereocenters. The Labute approximate surface area is 181 Å². The number of aromatic nitrogens is 1. The summed E-state index contributed by atoms with van der Waals surface area (Å²) in [6, 6.07) is 15.2. The SMILES string of the molecule is CC1(c2ccc(S(=O)Nc3ccc(Cl)cc3C(=O)c3ccncc3)cc2)OCCO1. The number of hydrogen-bond donors (Lipinski definition) is 1. The van der Waals surface area contributed by atoms with Gasteiger partial charge in [0.2, 0.25) is 0 Å². The smallest absolute Gasteiger partial charge is 0.195 e. The first kappa shape index (κ1) is 20.7. The average molecular weight is 443 g/mol. The molecule has 3 aromatic rings. The molecule has 1 fully saturated rings. The number of anilines is 1. The minimum absolute atomic E-state index is 0.238. The fourth-order valence-corrected chi connectivity index (χ4v) is 4.22. The molecule has 4 rings (SSSR count). The molecule has 2 heterocycles. The number of nitrogens with one attached hydrogen (secondary N) is 1. The van der Waals surface area contributed by atoms with Crippen LogP contribution in [-0.4, -0.2) is 28.2 Å². The summed E-state index contributed by atoms with van der Waals surface area (Å²) in [6.45, 7) is 2.93. The van der Waals surface area contributed by atoms with E-state index in [-0.39, 0.29) is 5.78 Å². The van der Waals surface area contributed by atoms with Crippen LogP contribution in [0.25, 0.3) is 0 Å². The molecule has 1 aliphatic rings. The number of rotatable bonds is 6. The molecule has 0 saturated carbocycles. The Bertz CT molecular complexity index is 1080. The third kappa shape index (κ3) is 4.29. The number of carbonyl (C=O) groups excluding carboxylic acids is 1. The predicted octanol–water partition coefficient (Wildman–Crippen LogP) is 4.32. The van der Waals surface area contributed by atoms with E-state index in [9.17, 15) is 9.00 Å². The molecule has 154 valence electrons. The number of pyridine rings is 1. The molecule has 0 radical (unpaired) electrons. The summed E-state index contributed by atoms with van der Waals surface area (Å²) in [5, 5.41) is 0.415. The highest BCUT2D eigenvalue weighted by Crippen LogP contribution is 2.31. The molecule has 2 aromatic carbocycles. The second-order valence-corrected chi connectivity index (χ2v) is 8.44.